The zero-order valence-corrected chi connectivity index (χ0v) is 13.0. The summed E-state index contributed by atoms with van der Waals surface area (Å²) in [4.78, 5) is 7.03. The molecule has 0 aliphatic carbocycles. The van der Waals surface area contributed by atoms with E-state index in [9.17, 15) is 0 Å². The number of piperidine rings is 1. The lowest BCUT2D eigenvalue weighted by Gasteiger charge is -2.38. The average molecular weight is 312 g/mol. The van der Waals surface area contributed by atoms with Gasteiger partial charge in [-0.2, -0.15) is 0 Å². The molecule has 1 aromatic heterocycles. The summed E-state index contributed by atoms with van der Waals surface area (Å²) >= 11 is 3.50. The normalized spacial score (nSPS) is 19.0. The lowest BCUT2D eigenvalue weighted by molar-refractivity contribution is 0.279. The van der Waals surface area contributed by atoms with Crippen LogP contribution in [-0.4, -0.2) is 25.1 Å². The van der Waals surface area contributed by atoms with Crippen LogP contribution in [0.15, 0.2) is 16.7 Å². The smallest absolute Gasteiger partial charge is 0.133 e. The molecule has 0 radical (unpaired) electrons. The molecule has 2 rings (SSSR count). The molecular formula is C14H22BrN3. The van der Waals surface area contributed by atoms with Gasteiger partial charge in [0.05, 0.1) is 0 Å². The first-order chi connectivity index (χ1) is 8.52. The molecule has 1 aliphatic heterocycles. The average Bonchev–Trinajstić information content (AvgIpc) is 2.31. The van der Waals surface area contributed by atoms with Gasteiger partial charge in [-0.25, -0.2) is 4.98 Å². The minimum Gasteiger partial charge on any atom is -0.356 e. The van der Waals surface area contributed by atoms with E-state index in [0.717, 1.165) is 29.9 Å². The quantitative estimate of drug-likeness (QED) is 0.929. The number of aromatic nitrogens is 1. The van der Waals surface area contributed by atoms with Crippen molar-refractivity contribution < 1.29 is 0 Å². The number of rotatable bonds is 3. The molecule has 1 N–H and O–H groups in total. The minimum atomic E-state index is 0.481. The Morgan fingerprint density at radius 1 is 1.39 bits per heavy atom. The molecular weight excluding hydrogens is 290 g/mol. The third-order valence-corrected chi connectivity index (χ3v) is 4.13. The number of anilines is 1. The van der Waals surface area contributed by atoms with Crippen LogP contribution in [0.2, 0.25) is 0 Å². The summed E-state index contributed by atoms with van der Waals surface area (Å²) in [6.45, 7) is 7.79. The minimum absolute atomic E-state index is 0.481. The third kappa shape index (κ3) is 3.23. The molecule has 4 heteroatoms. The molecule has 1 aromatic rings. The van der Waals surface area contributed by atoms with E-state index in [1.165, 1.54) is 18.4 Å². The molecule has 0 unspecified atom stereocenters. The first kappa shape index (κ1) is 13.8. The predicted molar refractivity (Wildman–Crippen MR) is 79.9 cm³/mol. The van der Waals surface area contributed by atoms with Crippen LogP contribution in [0, 0.1) is 5.41 Å². The van der Waals surface area contributed by atoms with Gasteiger partial charge in [0.1, 0.15) is 5.82 Å². The van der Waals surface area contributed by atoms with Crippen molar-refractivity contribution >= 4 is 21.7 Å². The first-order valence-electron chi connectivity index (χ1n) is 6.56. The molecule has 1 saturated heterocycles. The van der Waals surface area contributed by atoms with Crippen molar-refractivity contribution in [2.24, 2.45) is 5.41 Å². The summed E-state index contributed by atoms with van der Waals surface area (Å²) < 4.78 is 1.05. The van der Waals surface area contributed by atoms with Gasteiger partial charge in [-0.15, -0.1) is 0 Å². The van der Waals surface area contributed by atoms with Crippen molar-refractivity contribution in [3.63, 3.8) is 0 Å². The van der Waals surface area contributed by atoms with Gasteiger partial charge in [-0.1, -0.05) is 13.8 Å². The van der Waals surface area contributed by atoms with E-state index >= 15 is 0 Å². The monoisotopic (exact) mass is 311 g/mol. The van der Waals surface area contributed by atoms with Crippen molar-refractivity contribution in [2.75, 3.05) is 25.0 Å². The van der Waals surface area contributed by atoms with E-state index in [1.54, 1.807) is 0 Å². The molecule has 100 valence electrons. The number of nitrogens with zero attached hydrogens (tertiary/aromatic N) is 2. The molecule has 18 heavy (non-hydrogen) atoms. The van der Waals surface area contributed by atoms with Gasteiger partial charge in [-0.3, -0.25) is 0 Å². The molecule has 0 bridgehead atoms. The van der Waals surface area contributed by atoms with Crippen LogP contribution in [0.3, 0.4) is 0 Å². The summed E-state index contributed by atoms with van der Waals surface area (Å²) in [6.07, 6.45) is 4.38. The zero-order chi connectivity index (χ0) is 13.2. The SMILES string of the molecule is CNCc1cc(Br)cnc1N1CCC(C)(C)CC1. The lowest BCUT2D eigenvalue weighted by atomic mass is 9.82. The number of nitrogens with one attached hydrogen (secondary N) is 1. The highest BCUT2D eigenvalue weighted by Gasteiger charge is 2.26. The van der Waals surface area contributed by atoms with Crippen molar-refractivity contribution in [2.45, 2.75) is 33.2 Å². The van der Waals surface area contributed by atoms with Crippen molar-refractivity contribution in [1.29, 1.82) is 0 Å². The fourth-order valence-corrected chi connectivity index (χ4v) is 2.78. The molecule has 1 fully saturated rings. The molecule has 2 heterocycles. The van der Waals surface area contributed by atoms with Crippen molar-refractivity contribution in [3.8, 4) is 0 Å². The Morgan fingerprint density at radius 2 is 2.06 bits per heavy atom. The molecule has 3 nitrogen and oxygen atoms in total. The zero-order valence-electron chi connectivity index (χ0n) is 11.5. The highest BCUT2D eigenvalue weighted by atomic mass is 79.9. The Labute approximate surface area is 118 Å². The van der Waals surface area contributed by atoms with E-state index in [4.69, 9.17) is 0 Å². The Balaban J connectivity index is 2.18. The van der Waals surface area contributed by atoms with E-state index in [2.05, 4.69) is 51.0 Å². The van der Waals surface area contributed by atoms with E-state index in [-0.39, 0.29) is 0 Å². The van der Waals surface area contributed by atoms with Crippen molar-refractivity contribution in [1.82, 2.24) is 10.3 Å². The lowest BCUT2D eigenvalue weighted by Crippen LogP contribution is -2.38. The van der Waals surface area contributed by atoms with Gasteiger partial charge in [0.2, 0.25) is 0 Å². The Morgan fingerprint density at radius 3 is 2.67 bits per heavy atom. The maximum absolute atomic E-state index is 4.61. The summed E-state index contributed by atoms with van der Waals surface area (Å²) in [6, 6.07) is 2.17. The largest absolute Gasteiger partial charge is 0.356 e. The van der Waals surface area contributed by atoms with Gasteiger partial charge < -0.3 is 10.2 Å². The van der Waals surface area contributed by atoms with Crippen LogP contribution in [-0.2, 0) is 6.54 Å². The van der Waals surface area contributed by atoms with Crippen molar-refractivity contribution in [3.05, 3.63) is 22.3 Å². The van der Waals surface area contributed by atoms with Gasteiger partial charge in [0.25, 0.3) is 0 Å². The number of hydrogen-bond donors (Lipinski definition) is 1. The molecule has 0 amide bonds. The first-order valence-corrected chi connectivity index (χ1v) is 7.35. The van der Waals surface area contributed by atoms with Crippen LogP contribution >= 0.6 is 15.9 Å². The summed E-state index contributed by atoms with van der Waals surface area (Å²) in [5, 5.41) is 3.22. The predicted octanol–water partition coefficient (Wildman–Crippen LogP) is 3.19. The van der Waals surface area contributed by atoms with Gasteiger partial charge >= 0.3 is 0 Å². The Hall–Kier alpha value is -0.610. The van der Waals surface area contributed by atoms with E-state index in [0.29, 0.717) is 5.41 Å². The van der Waals surface area contributed by atoms with Crippen LogP contribution in [0.25, 0.3) is 0 Å². The molecule has 1 aliphatic rings. The summed E-state index contributed by atoms with van der Waals surface area (Å²) in [5.41, 5.74) is 1.75. The van der Waals surface area contributed by atoms with E-state index in [1.807, 2.05) is 13.2 Å². The third-order valence-electron chi connectivity index (χ3n) is 3.69. The van der Waals surface area contributed by atoms with Crippen LogP contribution < -0.4 is 10.2 Å². The molecule has 0 spiro atoms. The second-order valence-electron chi connectivity index (χ2n) is 5.82. The molecule has 0 aromatic carbocycles. The number of hydrogen-bond acceptors (Lipinski definition) is 3. The molecule has 0 atom stereocenters. The van der Waals surface area contributed by atoms with Gasteiger partial charge in [-0.05, 0) is 47.3 Å². The topological polar surface area (TPSA) is 28.2 Å². The maximum atomic E-state index is 4.61. The Bertz CT molecular complexity index is 408. The van der Waals surface area contributed by atoms with E-state index < -0.39 is 0 Å². The van der Waals surface area contributed by atoms with Crippen LogP contribution in [0.4, 0.5) is 5.82 Å². The second kappa shape index (κ2) is 5.57. The van der Waals surface area contributed by atoms with Crippen LogP contribution in [0.1, 0.15) is 32.3 Å². The number of pyridine rings is 1. The fourth-order valence-electron chi connectivity index (χ4n) is 2.40. The standard InChI is InChI=1S/C14H22BrN3/c1-14(2)4-6-18(7-5-14)13-11(9-16-3)8-12(15)10-17-13/h8,10,16H,4-7,9H2,1-3H3. The fraction of sp³-hybridized carbons (Fsp3) is 0.643. The highest BCUT2D eigenvalue weighted by molar-refractivity contribution is 9.10. The van der Waals surface area contributed by atoms with Gasteiger partial charge in [0, 0.05) is 35.9 Å². The Kier molecular flexibility index (Phi) is 4.28. The summed E-state index contributed by atoms with van der Waals surface area (Å²) in [7, 11) is 1.98. The van der Waals surface area contributed by atoms with Gasteiger partial charge in [0.15, 0.2) is 0 Å². The maximum Gasteiger partial charge on any atom is 0.133 e. The van der Waals surface area contributed by atoms with Crippen LogP contribution in [0.5, 0.6) is 0 Å². The second-order valence-corrected chi connectivity index (χ2v) is 6.73. The summed E-state index contributed by atoms with van der Waals surface area (Å²) in [5.74, 6) is 1.14. The molecule has 0 saturated carbocycles. The highest BCUT2D eigenvalue weighted by Crippen LogP contribution is 2.33. The number of halogens is 1.